The van der Waals surface area contributed by atoms with Crippen molar-refractivity contribution < 1.29 is 23.5 Å². The smallest absolute Gasteiger partial charge is 0.307 e. The van der Waals surface area contributed by atoms with E-state index in [4.69, 9.17) is 0 Å². The summed E-state index contributed by atoms with van der Waals surface area (Å²) in [5.41, 5.74) is 2.53. The Balaban J connectivity index is 1.73. The quantitative estimate of drug-likeness (QED) is 0.388. The third-order valence-electron chi connectivity index (χ3n) is 5.23. The van der Waals surface area contributed by atoms with Gasteiger partial charge in [-0.3, -0.25) is 9.59 Å². The van der Waals surface area contributed by atoms with Gasteiger partial charge in [0.1, 0.15) is 0 Å². The minimum atomic E-state index is -3.00. The van der Waals surface area contributed by atoms with Crippen molar-refractivity contribution in [3.05, 3.63) is 95.2 Å². The normalized spacial score (nSPS) is 11.6. The van der Waals surface area contributed by atoms with Crippen LogP contribution in [0.15, 0.2) is 72.8 Å². The molecule has 0 fully saturated rings. The maximum atomic E-state index is 14.0. The van der Waals surface area contributed by atoms with E-state index >= 15 is 0 Å². The molecule has 0 atom stereocenters. The summed E-state index contributed by atoms with van der Waals surface area (Å²) in [6.45, 7) is 0.851. The summed E-state index contributed by atoms with van der Waals surface area (Å²) >= 11 is 0. The van der Waals surface area contributed by atoms with Gasteiger partial charge < -0.3 is 10.1 Å². The van der Waals surface area contributed by atoms with Crippen molar-refractivity contribution in [1.29, 1.82) is 0 Å². The highest BCUT2D eigenvalue weighted by atomic mass is 19.3. The van der Waals surface area contributed by atoms with Crippen LogP contribution >= 0.6 is 0 Å². The molecule has 31 heavy (non-hydrogen) atoms. The Hall–Kier alpha value is -3.80. The highest BCUT2D eigenvalue weighted by Gasteiger charge is 2.27. The molecule has 0 spiro atoms. The number of hydrogen-bond donors (Lipinski definition) is 2. The zero-order valence-corrected chi connectivity index (χ0v) is 16.7. The van der Waals surface area contributed by atoms with Gasteiger partial charge in [-0.25, -0.2) is 8.78 Å². The van der Waals surface area contributed by atoms with Gasteiger partial charge in [0.05, 0.1) is 12.1 Å². The number of carbonyl (C=O) groups is 2. The average molecular weight is 419 g/mol. The van der Waals surface area contributed by atoms with Crippen LogP contribution in [0.4, 0.5) is 8.78 Å². The van der Waals surface area contributed by atoms with E-state index in [9.17, 15) is 23.5 Å². The number of fused-ring (bicyclic) bond motifs is 1. The molecule has 0 aliphatic rings. The van der Waals surface area contributed by atoms with E-state index < -0.39 is 11.9 Å². The van der Waals surface area contributed by atoms with E-state index in [1.807, 2.05) is 0 Å². The van der Waals surface area contributed by atoms with Crippen molar-refractivity contribution in [3.8, 4) is 11.1 Å². The number of aliphatic carboxylic acids is 1. The average Bonchev–Trinajstić information content (AvgIpc) is 3.10. The Morgan fingerprint density at radius 3 is 2.26 bits per heavy atom. The molecule has 6 heteroatoms. The molecule has 2 N–H and O–H groups in total. The Labute approximate surface area is 177 Å². The summed E-state index contributed by atoms with van der Waals surface area (Å²) < 4.78 is 27.9. The first-order valence-electron chi connectivity index (χ1n) is 9.69. The summed E-state index contributed by atoms with van der Waals surface area (Å²) in [4.78, 5) is 27.5. The predicted octanol–water partition coefficient (Wildman–Crippen LogP) is 5.80. The largest absolute Gasteiger partial charge is 0.481 e. The van der Waals surface area contributed by atoms with Gasteiger partial charge in [-0.1, -0.05) is 66.7 Å². The summed E-state index contributed by atoms with van der Waals surface area (Å²) in [6, 6.07) is 19.8. The number of benzene rings is 3. The van der Waals surface area contributed by atoms with Crippen LogP contribution in [0.3, 0.4) is 0 Å². The van der Waals surface area contributed by atoms with E-state index in [0.29, 0.717) is 33.2 Å². The lowest BCUT2D eigenvalue weighted by atomic mass is 9.94. The Morgan fingerprint density at radius 1 is 0.935 bits per heavy atom. The molecule has 4 aromatic rings. The van der Waals surface area contributed by atoms with Crippen LogP contribution in [0.2, 0.25) is 0 Å². The number of alkyl halides is 2. The number of carboxylic acids is 1. The number of aromatic amines is 1. The number of para-hydroxylation sites is 1. The molecular weight excluding hydrogens is 400 g/mol. The van der Waals surface area contributed by atoms with Gasteiger partial charge >= 0.3 is 5.97 Å². The number of hydrogen-bond acceptors (Lipinski definition) is 2. The highest BCUT2D eigenvalue weighted by molar-refractivity contribution is 6.12. The van der Waals surface area contributed by atoms with Gasteiger partial charge in [0.15, 0.2) is 0 Å². The monoisotopic (exact) mass is 419 g/mol. The van der Waals surface area contributed by atoms with Gasteiger partial charge in [-0.05, 0) is 17.2 Å². The first kappa shape index (κ1) is 20.5. The SMILES string of the molecule is CC(F)(F)c1ccccc1-c1ccc(C(=O)c2[nH]c3ccccc3c2CC(=O)O)cc1. The number of carbonyl (C=O) groups excluding carboxylic acids is 1. The number of halogens is 2. The predicted molar refractivity (Wildman–Crippen MR) is 115 cm³/mol. The van der Waals surface area contributed by atoms with Crippen LogP contribution in [0.5, 0.6) is 0 Å². The molecule has 0 bridgehead atoms. The maximum Gasteiger partial charge on any atom is 0.307 e. The standard InChI is InChI=1S/C25H19F2NO3/c1-25(26,27)20-8-4-2-6-17(20)15-10-12-16(13-11-15)24(31)23-19(14-22(29)30)18-7-3-5-9-21(18)28-23/h2-13,28H,14H2,1H3,(H,29,30). The molecule has 4 rings (SSSR count). The molecule has 0 amide bonds. The van der Waals surface area contributed by atoms with Crippen molar-refractivity contribution >= 4 is 22.7 Å². The van der Waals surface area contributed by atoms with Gasteiger partial charge in [0.2, 0.25) is 5.78 Å². The molecule has 1 aromatic heterocycles. The van der Waals surface area contributed by atoms with Crippen LogP contribution in [-0.2, 0) is 17.1 Å². The molecule has 0 aliphatic heterocycles. The Morgan fingerprint density at radius 2 is 1.58 bits per heavy atom. The lowest BCUT2D eigenvalue weighted by Crippen LogP contribution is -2.09. The fourth-order valence-electron chi connectivity index (χ4n) is 3.79. The van der Waals surface area contributed by atoms with Crippen molar-refractivity contribution in [2.45, 2.75) is 19.3 Å². The zero-order valence-electron chi connectivity index (χ0n) is 16.7. The van der Waals surface area contributed by atoms with E-state index in [2.05, 4.69) is 4.98 Å². The third kappa shape index (κ3) is 3.97. The van der Waals surface area contributed by atoms with Crippen molar-refractivity contribution in [2.75, 3.05) is 0 Å². The van der Waals surface area contributed by atoms with Gasteiger partial charge in [0.25, 0.3) is 5.92 Å². The second-order valence-electron chi connectivity index (χ2n) is 7.44. The lowest BCUT2D eigenvalue weighted by Gasteiger charge is -2.16. The Bertz CT molecular complexity index is 1280. The molecular formula is C25H19F2NO3. The number of nitrogens with one attached hydrogen (secondary N) is 1. The van der Waals surface area contributed by atoms with Crippen molar-refractivity contribution in [3.63, 3.8) is 0 Å². The van der Waals surface area contributed by atoms with Crippen molar-refractivity contribution in [2.24, 2.45) is 0 Å². The summed E-state index contributed by atoms with van der Waals surface area (Å²) in [5.74, 6) is -4.39. The molecule has 0 aliphatic carbocycles. The van der Waals surface area contributed by atoms with Gasteiger partial charge in [-0.15, -0.1) is 0 Å². The molecule has 4 nitrogen and oxygen atoms in total. The van der Waals surface area contributed by atoms with Gasteiger partial charge in [-0.2, -0.15) is 0 Å². The summed E-state index contributed by atoms with van der Waals surface area (Å²) in [5, 5.41) is 9.97. The summed E-state index contributed by atoms with van der Waals surface area (Å²) in [7, 11) is 0. The van der Waals surface area contributed by atoms with Crippen LogP contribution < -0.4 is 0 Å². The number of H-pyrrole nitrogens is 1. The molecule has 0 saturated heterocycles. The molecule has 0 unspecified atom stereocenters. The fourth-order valence-corrected chi connectivity index (χ4v) is 3.79. The van der Waals surface area contributed by atoms with E-state index in [1.165, 1.54) is 6.07 Å². The van der Waals surface area contributed by atoms with E-state index in [1.54, 1.807) is 66.7 Å². The van der Waals surface area contributed by atoms with E-state index in [-0.39, 0.29) is 23.5 Å². The minimum Gasteiger partial charge on any atom is -0.481 e. The third-order valence-corrected chi connectivity index (χ3v) is 5.23. The fraction of sp³-hybridized carbons (Fsp3) is 0.120. The Kier molecular flexibility index (Phi) is 5.15. The number of carboxylic acid groups (broad SMARTS) is 1. The van der Waals surface area contributed by atoms with Crippen LogP contribution in [0, 0.1) is 0 Å². The van der Waals surface area contributed by atoms with Crippen LogP contribution in [-0.4, -0.2) is 21.8 Å². The molecule has 156 valence electrons. The summed E-state index contributed by atoms with van der Waals surface area (Å²) in [6.07, 6.45) is -0.290. The van der Waals surface area contributed by atoms with E-state index in [0.717, 1.165) is 6.92 Å². The van der Waals surface area contributed by atoms with Crippen molar-refractivity contribution in [1.82, 2.24) is 4.98 Å². The topological polar surface area (TPSA) is 70.2 Å². The molecule has 1 heterocycles. The first-order chi connectivity index (χ1) is 14.8. The molecule has 0 saturated carbocycles. The highest BCUT2D eigenvalue weighted by Crippen LogP contribution is 2.35. The number of rotatable bonds is 6. The lowest BCUT2D eigenvalue weighted by molar-refractivity contribution is -0.136. The van der Waals surface area contributed by atoms with Gasteiger partial charge in [0, 0.05) is 34.5 Å². The van der Waals surface area contributed by atoms with Crippen LogP contribution in [0.25, 0.3) is 22.0 Å². The zero-order chi connectivity index (χ0) is 22.2. The second-order valence-corrected chi connectivity index (χ2v) is 7.44. The maximum absolute atomic E-state index is 14.0. The number of ketones is 1. The van der Waals surface area contributed by atoms with Crippen LogP contribution in [0.1, 0.15) is 34.1 Å². The first-order valence-corrected chi connectivity index (χ1v) is 9.69. The second kappa shape index (κ2) is 7.80. The minimum absolute atomic E-state index is 0.0894. The number of aromatic nitrogens is 1. The molecule has 3 aromatic carbocycles. The molecule has 0 radical (unpaired) electrons.